The number of sulfonamides is 1. The second-order valence-corrected chi connectivity index (χ2v) is 8.08. The van der Waals surface area contributed by atoms with E-state index < -0.39 is 10.0 Å². The Bertz CT molecular complexity index is 783. The lowest BCUT2D eigenvalue weighted by atomic mass is 10.4. The minimum Gasteiger partial charge on any atom is -0.468 e. The molecule has 0 fully saturated rings. The van der Waals surface area contributed by atoms with Crippen molar-refractivity contribution in [2.75, 3.05) is 6.54 Å². The SMILES string of the molecule is N#CCCN(Cc1ccco1)S(=O)(=O)c1ccc(Br)cc1Br. The number of furan rings is 1. The van der Waals surface area contributed by atoms with Gasteiger partial charge < -0.3 is 4.42 Å². The Labute approximate surface area is 145 Å². The molecule has 0 unspecified atom stereocenters. The van der Waals surface area contributed by atoms with Crippen molar-refractivity contribution >= 4 is 41.9 Å². The molecule has 0 spiro atoms. The summed E-state index contributed by atoms with van der Waals surface area (Å²) in [5, 5.41) is 8.76. The first kappa shape index (κ1) is 17.2. The first-order chi connectivity index (χ1) is 10.4. The van der Waals surface area contributed by atoms with Gasteiger partial charge >= 0.3 is 0 Å². The Morgan fingerprint density at radius 1 is 1.27 bits per heavy atom. The van der Waals surface area contributed by atoms with Gasteiger partial charge in [-0.15, -0.1) is 0 Å². The van der Waals surface area contributed by atoms with Crippen LogP contribution in [0.3, 0.4) is 0 Å². The summed E-state index contributed by atoms with van der Waals surface area (Å²) in [7, 11) is -3.74. The van der Waals surface area contributed by atoms with E-state index in [-0.39, 0.29) is 24.4 Å². The summed E-state index contributed by atoms with van der Waals surface area (Å²) in [5.41, 5.74) is 0. The van der Waals surface area contributed by atoms with Crippen LogP contribution in [0, 0.1) is 11.3 Å². The predicted molar refractivity (Wildman–Crippen MR) is 88.4 cm³/mol. The van der Waals surface area contributed by atoms with E-state index in [0.29, 0.717) is 10.2 Å². The van der Waals surface area contributed by atoms with Crippen molar-refractivity contribution in [2.24, 2.45) is 0 Å². The molecule has 0 saturated heterocycles. The molecule has 0 aliphatic heterocycles. The standard InChI is InChI=1S/C14H12Br2N2O3S/c15-11-4-5-14(13(16)9-11)22(19,20)18(7-2-6-17)10-12-3-1-8-21-12/h1,3-5,8-9H,2,7,10H2. The zero-order valence-corrected chi connectivity index (χ0v) is 15.4. The Kier molecular flexibility index (Phi) is 5.81. The average Bonchev–Trinajstić information content (AvgIpc) is 2.95. The lowest BCUT2D eigenvalue weighted by molar-refractivity contribution is 0.368. The van der Waals surface area contributed by atoms with Gasteiger partial charge in [0, 0.05) is 21.9 Å². The van der Waals surface area contributed by atoms with Gasteiger partial charge in [-0.2, -0.15) is 9.57 Å². The molecule has 0 aliphatic rings. The highest BCUT2D eigenvalue weighted by Gasteiger charge is 2.27. The first-order valence-electron chi connectivity index (χ1n) is 6.29. The Balaban J connectivity index is 2.37. The average molecular weight is 448 g/mol. The van der Waals surface area contributed by atoms with E-state index in [1.165, 1.54) is 16.6 Å². The molecule has 0 amide bonds. The second-order valence-electron chi connectivity index (χ2n) is 4.40. The molecule has 0 saturated carbocycles. The van der Waals surface area contributed by atoms with Crippen LogP contribution in [0.15, 0.2) is 54.9 Å². The summed E-state index contributed by atoms with van der Waals surface area (Å²) in [6.07, 6.45) is 1.59. The fraction of sp³-hybridized carbons (Fsp3) is 0.214. The first-order valence-corrected chi connectivity index (χ1v) is 9.32. The third kappa shape index (κ3) is 3.98. The van der Waals surface area contributed by atoms with Gasteiger partial charge in [0.1, 0.15) is 5.76 Å². The van der Waals surface area contributed by atoms with E-state index in [2.05, 4.69) is 31.9 Å². The molecule has 1 aromatic carbocycles. The van der Waals surface area contributed by atoms with Crippen molar-refractivity contribution in [1.29, 1.82) is 5.26 Å². The summed E-state index contributed by atoms with van der Waals surface area (Å²) >= 11 is 6.57. The van der Waals surface area contributed by atoms with E-state index in [1.807, 2.05) is 6.07 Å². The fourth-order valence-corrected chi connectivity index (χ4v) is 4.97. The van der Waals surface area contributed by atoms with Crippen molar-refractivity contribution in [1.82, 2.24) is 4.31 Å². The molecule has 2 aromatic rings. The highest BCUT2D eigenvalue weighted by molar-refractivity contribution is 9.11. The number of rotatable bonds is 6. The van der Waals surface area contributed by atoms with Crippen LogP contribution >= 0.6 is 31.9 Å². The highest BCUT2D eigenvalue weighted by atomic mass is 79.9. The molecular formula is C14H12Br2N2O3S. The van der Waals surface area contributed by atoms with E-state index >= 15 is 0 Å². The number of halogens is 2. The molecular weight excluding hydrogens is 436 g/mol. The van der Waals surface area contributed by atoms with Crippen LogP contribution in [0.25, 0.3) is 0 Å². The molecule has 1 heterocycles. The molecule has 0 bridgehead atoms. The topological polar surface area (TPSA) is 74.3 Å². The van der Waals surface area contributed by atoms with Crippen LogP contribution in [0.1, 0.15) is 12.2 Å². The van der Waals surface area contributed by atoms with E-state index in [1.54, 1.807) is 24.3 Å². The molecule has 5 nitrogen and oxygen atoms in total. The highest BCUT2D eigenvalue weighted by Crippen LogP contribution is 2.29. The van der Waals surface area contributed by atoms with Crippen LogP contribution in [-0.2, 0) is 16.6 Å². The summed E-state index contributed by atoms with van der Waals surface area (Å²) in [6, 6.07) is 10.2. The van der Waals surface area contributed by atoms with Gasteiger partial charge in [-0.3, -0.25) is 0 Å². The van der Waals surface area contributed by atoms with Gasteiger partial charge in [-0.25, -0.2) is 8.42 Å². The minimum absolute atomic E-state index is 0.0829. The fourth-order valence-electron chi connectivity index (χ4n) is 1.86. The minimum atomic E-state index is -3.74. The zero-order chi connectivity index (χ0) is 16.2. The third-order valence-electron chi connectivity index (χ3n) is 2.90. The van der Waals surface area contributed by atoms with Gasteiger partial charge in [-0.1, -0.05) is 15.9 Å². The molecule has 116 valence electrons. The normalized spacial score (nSPS) is 11.5. The van der Waals surface area contributed by atoms with E-state index in [4.69, 9.17) is 9.68 Å². The van der Waals surface area contributed by atoms with E-state index in [9.17, 15) is 8.42 Å². The zero-order valence-electron chi connectivity index (χ0n) is 11.4. The van der Waals surface area contributed by atoms with Crippen molar-refractivity contribution in [3.63, 3.8) is 0 Å². The molecule has 0 aliphatic carbocycles. The van der Waals surface area contributed by atoms with Crippen molar-refractivity contribution in [2.45, 2.75) is 17.9 Å². The monoisotopic (exact) mass is 446 g/mol. The number of nitriles is 1. The van der Waals surface area contributed by atoms with Crippen LogP contribution in [0.2, 0.25) is 0 Å². The van der Waals surface area contributed by atoms with Gasteiger partial charge in [-0.05, 0) is 46.3 Å². The molecule has 0 atom stereocenters. The lowest BCUT2D eigenvalue weighted by Crippen LogP contribution is -2.31. The van der Waals surface area contributed by atoms with Crippen molar-refractivity contribution in [3.05, 3.63) is 51.3 Å². The Morgan fingerprint density at radius 3 is 2.64 bits per heavy atom. The maximum absolute atomic E-state index is 12.8. The number of benzene rings is 1. The molecule has 8 heteroatoms. The van der Waals surface area contributed by atoms with Crippen molar-refractivity contribution < 1.29 is 12.8 Å². The predicted octanol–water partition coefficient (Wildman–Crippen LogP) is 3.91. The summed E-state index contributed by atoms with van der Waals surface area (Å²) in [6.45, 7) is 0.182. The Hall–Kier alpha value is -1.14. The lowest BCUT2D eigenvalue weighted by Gasteiger charge is -2.21. The maximum atomic E-state index is 12.8. The molecule has 1 aromatic heterocycles. The third-order valence-corrected chi connectivity index (χ3v) is 6.21. The largest absolute Gasteiger partial charge is 0.468 e. The van der Waals surface area contributed by atoms with Crippen LogP contribution < -0.4 is 0 Å². The molecule has 2 rings (SSSR count). The molecule has 22 heavy (non-hydrogen) atoms. The van der Waals surface area contributed by atoms with Gasteiger partial charge in [0.25, 0.3) is 0 Å². The quantitative estimate of drug-likeness (QED) is 0.672. The van der Waals surface area contributed by atoms with Crippen LogP contribution in [0.4, 0.5) is 0 Å². The molecule has 0 radical (unpaired) electrons. The Morgan fingerprint density at radius 2 is 2.05 bits per heavy atom. The van der Waals surface area contributed by atoms with Gasteiger partial charge in [0.2, 0.25) is 10.0 Å². The van der Waals surface area contributed by atoms with E-state index in [0.717, 1.165) is 4.47 Å². The van der Waals surface area contributed by atoms with Crippen molar-refractivity contribution in [3.8, 4) is 6.07 Å². The smallest absolute Gasteiger partial charge is 0.244 e. The molecule has 0 N–H and O–H groups in total. The maximum Gasteiger partial charge on any atom is 0.244 e. The summed E-state index contributed by atoms with van der Waals surface area (Å²) in [4.78, 5) is 0.153. The summed E-state index contributed by atoms with van der Waals surface area (Å²) in [5.74, 6) is 0.523. The van der Waals surface area contributed by atoms with Crippen LogP contribution in [-0.4, -0.2) is 19.3 Å². The summed E-state index contributed by atoms with van der Waals surface area (Å²) < 4.78 is 33.3. The van der Waals surface area contributed by atoms with Gasteiger partial charge in [0.05, 0.1) is 23.8 Å². The number of hydrogen-bond acceptors (Lipinski definition) is 4. The van der Waals surface area contributed by atoms with Gasteiger partial charge in [0.15, 0.2) is 0 Å². The second kappa shape index (κ2) is 7.42. The number of hydrogen-bond donors (Lipinski definition) is 0. The number of nitrogens with zero attached hydrogens (tertiary/aromatic N) is 2. The van der Waals surface area contributed by atoms with Crippen LogP contribution in [0.5, 0.6) is 0 Å².